The molecule has 1 saturated heterocycles. The Morgan fingerprint density at radius 2 is 2.00 bits per heavy atom. The van der Waals surface area contributed by atoms with Crippen molar-refractivity contribution in [2.24, 2.45) is 11.8 Å². The predicted octanol–water partition coefficient (Wildman–Crippen LogP) is 1.53. The lowest BCUT2D eigenvalue weighted by molar-refractivity contribution is -0.153. The molecule has 1 rings (SSSR count). The molecule has 0 radical (unpaired) electrons. The molecule has 0 spiro atoms. The van der Waals surface area contributed by atoms with Gasteiger partial charge in [-0.15, -0.1) is 0 Å². The van der Waals surface area contributed by atoms with E-state index in [1.165, 1.54) is 6.92 Å². The van der Waals surface area contributed by atoms with Gasteiger partial charge in [-0.25, -0.2) is 0 Å². The van der Waals surface area contributed by atoms with Crippen LogP contribution in [0, 0.1) is 11.8 Å². The summed E-state index contributed by atoms with van der Waals surface area (Å²) in [5.41, 5.74) is 0. The average molecular weight is 214 g/mol. The number of rotatable bonds is 1. The molecule has 0 aliphatic carbocycles. The zero-order valence-electron chi connectivity index (χ0n) is 9.65. The van der Waals surface area contributed by atoms with E-state index in [0.29, 0.717) is 6.42 Å². The topological polar surface area (TPSA) is 52.6 Å². The van der Waals surface area contributed by atoms with E-state index in [1.807, 2.05) is 20.8 Å². The molecule has 1 heterocycles. The van der Waals surface area contributed by atoms with E-state index in [-0.39, 0.29) is 36.0 Å². The van der Waals surface area contributed by atoms with Crippen LogP contribution in [0.5, 0.6) is 0 Å². The smallest absolute Gasteiger partial charge is 0.306 e. The monoisotopic (exact) mass is 214 g/mol. The number of hydrogen-bond donors (Lipinski definition) is 0. The summed E-state index contributed by atoms with van der Waals surface area (Å²) in [6.45, 7) is 7.06. The van der Waals surface area contributed by atoms with Crippen molar-refractivity contribution in [1.82, 2.24) is 0 Å². The molecule has 0 unspecified atom stereocenters. The second kappa shape index (κ2) is 4.64. The summed E-state index contributed by atoms with van der Waals surface area (Å²) < 4.78 is 10.4. The number of hydrogen-bond acceptors (Lipinski definition) is 4. The predicted molar refractivity (Wildman–Crippen MR) is 54.1 cm³/mol. The second-order valence-corrected chi connectivity index (χ2v) is 4.31. The Labute approximate surface area is 89.9 Å². The molecule has 0 aromatic heterocycles. The quantitative estimate of drug-likeness (QED) is 0.621. The molecule has 1 fully saturated rings. The van der Waals surface area contributed by atoms with Crippen molar-refractivity contribution >= 4 is 11.9 Å². The van der Waals surface area contributed by atoms with E-state index in [0.717, 1.165) is 0 Å². The molecule has 0 aromatic rings. The molecule has 4 nitrogen and oxygen atoms in total. The summed E-state index contributed by atoms with van der Waals surface area (Å²) in [5.74, 6) is -0.464. The zero-order chi connectivity index (χ0) is 11.6. The fourth-order valence-corrected chi connectivity index (χ4v) is 1.94. The van der Waals surface area contributed by atoms with E-state index in [1.54, 1.807) is 0 Å². The third kappa shape index (κ3) is 2.94. The van der Waals surface area contributed by atoms with Crippen LogP contribution in [0.25, 0.3) is 0 Å². The highest BCUT2D eigenvalue weighted by atomic mass is 16.6. The van der Waals surface area contributed by atoms with Gasteiger partial charge in [-0.3, -0.25) is 9.59 Å². The van der Waals surface area contributed by atoms with Gasteiger partial charge in [0.2, 0.25) is 0 Å². The molecule has 0 amide bonds. The van der Waals surface area contributed by atoms with Gasteiger partial charge in [0.25, 0.3) is 0 Å². The molecule has 4 heteroatoms. The summed E-state index contributed by atoms with van der Waals surface area (Å²) in [4.78, 5) is 22.3. The fraction of sp³-hybridized carbons (Fsp3) is 0.818. The van der Waals surface area contributed by atoms with Crippen LogP contribution in [0.2, 0.25) is 0 Å². The van der Waals surface area contributed by atoms with Gasteiger partial charge in [0.05, 0.1) is 6.42 Å². The van der Waals surface area contributed by atoms with Crippen molar-refractivity contribution in [3.63, 3.8) is 0 Å². The van der Waals surface area contributed by atoms with Gasteiger partial charge in [-0.05, 0) is 6.92 Å². The van der Waals surface area contributed by atoms with Crippen LogP contribution < -0.4 is 0 Å². The summed E-state index contributed by atoms with van der Waals surface area (Å²) in [6.07, 6.45) is -0.122. The molecular formula is C11H18O4. The van der Waals surface area contributed by atoms with Crippen molar-refractivity contribution in [1.29, 1.82) is 0 Å². The first-order valence-corrected chi connectivity index (χ1v) is 5.28. The van der Waals surface area contributed by atoms with Gasteiger partial charge < -0.3 is 9.47 Å². The van der Waals surface area contributed by atoms with Gasteiger partial charge in [-0.2, -0.15) is 0 Å². The van der Waals surface area contributed by atoms with Crippen molar-refractivity contribution in [3.8, 4) is 0 Å². The van der Waals surface area contributed by atoms with Crippen LogP contribution >= 0.6 is 0 Å². The highest BCUT2D eigenvalue weighted by Gasteiger charge is 2.36. The first kappa shape index (κ1) is 12.0. The van der Waals surface area contributed by atoms with Gasteiger partial charge in [-0.1, -0.05) is 13.8 Å². The SMILES string of the molecule is CC(=O)O[C@H]1[C@H](C)[C@H](C)OC(=O)C[C@@H]1C. The van der Waals surface area contributed by atoms with Crippen LogP contribution in [-0.4, -0.2) is 24.1 Å². The highest BCUT2D eigenvalue weighted by Crippen LogP contribution is 2.28. The van der Waals surface area contributed by atoms with Gasteiger partial charge >= 0.3 is 11.9 Å². The average Bonchev–Trinajstić information content (AvgIpc) is 2.18. The molecule has 0 bridgehead atoms. The Hall–Kier alpha value is -1.06. The van der Waals surface area contributed by atoms with Crippen LogP contribution in [0.1, 0.15) is 34.1 Å². The van der Waals surface area contributed by atoms with E-state index >= 15 is 0 Å². The normalized spacial score (nSPS) is 36.7. The zero-order valence-corrected chi connectivity index (χ0v) is 9.65. The molecule has 0 saturated carbocycles. The molecule has 1 aliphatic rings. The third-order valence-corrected chi connectivity index (χ3v) is 2.93. The first-order chi connectivity index (χ1) is 6.91. The third-order valence-electron chi connectivity index (χ3n) is 2.93. The van der Waals surface area contributed by atoms with Crippen molar-refractivity contribution in [2.75, 3.05) is 0 Å². The molecule has 4 atom stereocenters. The lowest BCUT2D eigenvalue weighted by Gasteiger charge is -2.27. The second-order valence-electron chi connectivity index (χ2n) is 4.31. The minimum atomic E-state index is -0.305. The van der Waals surface area contributed by atoms with Crippen LogP contribution in [0.3, 0.4) is 0 Å². The summed E-state index contributed by atoms with van der Waals surface area (Å²) in [6, 6.07) is 0. The minimum absolute atomic E-state index is 0.0151. The maximum Gasteiger partial charge on any atom is 0.306 e. The standard InChI is InChI=1S/C11H18O4/c1-6-5-10(13)14-8(3)7(2)11(6)15-9(4)12/h6-8,11H,5H2,1-4H3/t6-,7+,8-,11+/m0/s1. The molecular weight excluding hydrogens is 196 g/mol. The number of cyclic esters (lactones) is 1. The molecule has 15 heavy (non-hydrogen) atoms. The lowest BCUT2D eigenvalue weighted by Crippen LogP contribution is -2.34. The Morgan fingerprint density at radius 3 is 2.53 bits per heavy atom. The number of esters is 2. The summed E-state index contributed by atoms with van der Waals surface area (Å²) >= 11 is 0. The molecule has 86 valence electrons. The minimum Gasteiger partial charge on any atom is -0.462 e. The maximum absolute atomic E-state index is 11.3. The largest absolute Gasteiger partial charge is 0.462 e. The number of carbonyl (C=O) groups excluding carboxylic acids is 2. The number of carbonyl (C=O) groups is 2. The van der Waals surface area contributed by atoms with Crippen LogP contribution in [-0.2, 0) is 19.1 Å². The van der Waals surface area contributed by atoms with Gasteiger partial charge in [0.1, 0.15) is 12.2 Å². The fourth-order valence-electron chi connectivity index (χ4n) is 1.94. The lowest BCUT2D eigenvalue weighted by atomic mass is 9.89. The van der Waals surface area contributed by atoms with E-state index in [2.05, 4.69) is 0 Å². The van der Waals surface area contributed by atoms with E-state index in [4.69, 9.17) is 9.47 Å². The van der Waals surface area contributed by atoms with Crippen molar-refractivity contribution in [2.45, 2.75) is 46.3 Å². The van der Waals surface area contributed by atoms with Gasteiger partial charge in [0.15, 0.2) is 0 Å². The highest BCUT2D eigenvalue weighted by molar-refractivity contribution is 5.70. The van der Waals surface area contributed by atoms with Crippen molar-refractivity contribution < 1.29 is 19.1 Å². The Bertz CT molecular complexity index is 261. The Kier molecular flexibility index (Phi) is 3.72. The van der Waals surface area contributed by atoms with E-state index in [9.17, 15) is 9.59 Å². The molecule has 0 aromatic carbocycles. The number of ether oxygens (including phenoxy) is 2. The Morgan fingerprint density at radius 1 is 1.40 bits per heavy atom. The molecule has 1 aliphatic heterocycles. The maximum atomic E-state index is 11.3. The Balaban J connectivity index is 2.80. The first-order valence-electron chi connectivity index (χ1n) is 5.28. The van der Waals surface area contributed by atoms with Crippen molar-refractivity contribution in [3.05, 3.63) is 0 Å². The molecule has 0 N–H and O–H groups in total. The van der Waals surface area contributed by atoms with Gasteiger partial charge in [0, 0.05) is 18.8 Å². The van der Waals surface area contributed by atoms with Crippen LogP contribution in [0.15, 0.2) is 0 Å². The van der Waals surface area contributed by atoms with Crippen LogP contribution in [0.4, 0.5) is 0 Å². The summed E-state index contributed by atoms with van der Waals surface area (Å²) in [5, 5.41) is 0. The summed E-state index contributed by atoms with van der Waals surface area (Å²) in [7, 11) is 0. The van der Waals surface area contributed by atoms with E-state index < -0.39 is 0 Å².